The minimum Gasteiger partial charge on any atom is -0.0854 e. The third-order valence-electron chi connectivity index (χ3n) is 5.62. The lowest BCUT2D eigenvalue weighted by atomic mass is 9.72. The molecular formula is C17H26. The van der Waals surface area contributed by atoms with E-state index in [4.69, 9.17) is 0 Å². The highest BCUT2D eigenvalue weighted by atomic mass is 14.5. The van der Waals surface area contributed by atoms with Gasteiger partial charge in [0.15, 0.2) is 0 Å². The smallest absolute Gasteiger partial charge is 0.0195 e. The molecule has 0 radical (unpaired) electrons. The molecule has 0 aromatic heterocycles. The van der Waals surface area contributed by atoms with E-state index in [0.29, 0.717) is 0 Å². The average molecular weight is 230 g/mol. The molecule has 0 saturated heterocycles. The molecule has 0 aromatic carbocycles. The maximum atomic E-state index is 2.53. The molecule has 0 nitrogen and oxygen atoms in total. The Bertz CT molecular complexity index is 345. The van der Waals surface area contributed by atoms with Crippen LogP contribution in [-0.2, 0) is 0 Å². The fraction of sp³-hybridized carbons (Fsp3) is 0.765. The maximum Gasteiger partial charge on any atom is -0.0195 e. The van der Waals surface area contributed by atoms with Crippen LogP contribution in [0.25, 0.3) is 0 Å². The lowest BCUT2D eigenvalue weighted by Gasteiger charge is -2.33. The van der Waals surface area contributed by atoms with E-state index >= 15 is 0 Å². The van der Waals surface area contributed by atoms with Gasteiger partial charge in [-0.05, 0) is 61.2 Å². The van der Waals surface area contributed by atoms with E-state index in [1.54, 1.807) is 0 Å². The molecule has 3 aliphatic carbocycles. The van der Waals surface area contributed by atoms with Crippen LogP contribution in [0, 0.1) is 35.5 Å². The van der Waals surface area contributed by atoms with Crippen molar-refractivity contribution >= 4 is 0 Å². The first-order chi connectivity index (χ1) is 8.20. The molecule has 2 bridgehead atoms. The molecule has 0 aromatic rings. The molecule has 0 heteroatoms. The third kappa shape index (κ3) is 1.80. The van der Waals surface area contributed by atoms with Crippen molar-refractivity contribution in [3.05, 3.63) is 23.8 Å². The Balaban J connectivity index is 1.74. The number of hydrogen-bond acceptors (Lipinski definition) is 0. The lowest BCUT2D eigenvalue weighted by Crippen LogP contribution is -2.25. The highest BCUT2D eigenvalue weighted by Crippen LogP contribution is 2.58. The molecule has 2 fully saturated rings. The Morgan fingerprint density at radius 3 is 2.47 bits per heavy atom. The Morgan fingerprint density at radius 2 is 1.88 bits per heavy atom. The van der Waals surface area contributed by atoms with Crippen LogP contribution in [-0.4, -0.2) is 0 Å². The van der Waals surface area contributed by atoms with Crippen LogP contribution in [0.15, 0.2) is 23.8 Å². The topological polar surface area (TPSA) is 0 Å². The second-order valence-electron chi connectivity index (χ2n) is 6.66. The normalized spacial score (nSPS) is 50.6. The van der Waals surface area contributed by atoms with Gasteiger partial charge in [-0.3, -0.25) is 0 Å². The van der Waals surface area contributed by atoms with Crippen LogP contribution in [0.1, 0.15) is 46.5 Å². The van der Waals surface area contributed by atoms with E-state index in [1.165, 1.54) is 25.7 Å². The predicted molar refractivity (Wildman–Crippen MR) is 73.7 cm³/mol. The summed E-state index contributed by atoms with van der Waals surface area (Å²) in [6, 6.07) is 0. The Hall–Kier alpha value is -0.520. The summed E-state index contributed by atoms with van der Waals surface area (Å²) < 4.78 is 0. The van der Waals surface area contributed by atoms with E-state index in [2.05, 4.69) is 39.0 Å². The summed E-state index contributed by atoms with van der Waals surface area (Å²) >= 11 is 0. The molecule has 0 N–H and O–H groups in total. The Labute approximate surface area is 106 Å². The summed E-state index contributed by atoms with van der Waals surface area (Å²) in [6.45, 7) is 7.14. The molecule has 2 saturated carbocycles. The van der Waals surface area contributed by atoms with Crippen molar-refractivity contribution in [2.24, 2.45) is 35.5 Å². The van der Waals surface area contributed by atoms with E-state index in [-0.39, 0.29) is 0 Å². The summed E-state index contributed by atoms with van der Waals surface area (Å²) in [4.78, 5) is 0. The van der Waals surface area contributed by atoms with E-state index in [9.17, 15) is 0 Å². The number of allylic oxidation sites excluding steroid dienone is 4. The molecule has 0 amide bonds. The van der Waals surface area contributed by atoms with Crippen molar-refractivity contribution in [2.75, 3.05) is 0 Å². The molecule has 3 rings (SSSR count). The molecule has 3 aliphatic rings. The van der Waals surface area contributed by atoms with Crippen molar-refractivity contribution in [1.82, 2.24) is 0 Å². The zero-order valence-electron chi connectivity index (χ0n) is 11.5. The molecule has 6 unspecified atom stereocenters. The minimum absolute atomic E-state index is 0.833. The van der Waals surface area contributed by atoms with Crippen LogP contribution in [0.2, 0.25) is 0 Å². The van der Waals surface area contributed by atoms with Crippen molar-refractivity contribution in [3.63, 3.8) is 0 Å². The lowest BCUT2D eigenvalue weighted by molar-refractivity contribution is 0.231. The summed E-state index contributed by atoms with van der Waals surface area (Å²) in [5.74, 6) is 5.57. The zero-order chi connectivity index (χ0) is 12.0. The average Bonchev–Trinajstić information content (AvgIpc) is 2.96. The number of fused-ring (bicyclic) bond motifs is 2. The molecule has 17 heavy (non-hydrogen) atoms. The van der Waals surface area contributed by atoms with Crippen molar-refractivity contribution in [2.45, 2.75) is 46.5 Å². The molecular weight excluding hydrogens is 204 g/mol. The SMILES string of the molecule is CC/C=C1\C2CC(C3C=CC(C)C3)C(C2)C1C. The van der Waals surface area contributed by atoms with Gasteiger partial charge in [-0.15, -0.1) is 0 Å². The van der Waals surface area contributed by atoms with Gasteiger partial charge < -0.3 is 0 Å². The van der Waals surface area contributed by atoms with E-state index < -0.39 is 0 Å². The first-order valence-corrected chi connectivity index (χ1v) is 7.59. The highest BCUT2D eigenvalue weighted by molar-refractivity contribution is 5.23. The summed E-state index contributed by atoms with van der Waals surface area (Å²) in [5.41, 5.74) is 1.81. The summed E-state index contributed by atoms with van der Waals surface area (Å²) in [6.07, 6.45) is 13.1. The standard InChI is InChI=1S/C17H26/c1-4-5-15-12(3)16-9-14(15)10-17(16)13-7-6-11(2)8-13/h5-7,11-14,16-17H,4,8-10H2,1-3H3/b15-5-. The fourth-order valence-corrected chi connectivity index (χ4v) is 4.89. The maximum absolute atomic E-state index is 2.53. The van der Waals surface area contributed by atoms with Gasteiger partial charge in [0.05, 0.1) is 0 Å². The zero-order valence-corrected chi connectivity index (χ0v) is 11.5. The molecule has 0 heterocycles. The first-order valence-electron chi connectivity index (χ1n) is 7.59. The van der Waals surface area contributed by atoms with Crippen LogP contribution in [0.5, 0.6) is 0 Å². The minimum atomic E-state index is 0.833. The summed E-state index contributed by atoms with van der Waals surface area (Å²) in [7, 11) is 0. The van der Waals surface area contributed by atoms with Gasteiger partial charge in [-0.25, -0.2) is 0 Å². The van der Waals surface area contributed by atoms with Gasteiger partial charge in [0.2, 0.25) is 0 Å². The first kappa shape index (κ1) is 11.6. The molecule has 94 valence electrons. The van der Waals surface area contributed by atoms with Crippen LogP contribution >= 0.6 is 0 Å². The Kier molecular flexibility index (Phi) is 2.92. The summed E-state index contributed by atoms with van der Waals surface area (Å²) in [5, 5.41) is 0. The second kappa shape index (κ2) is 4.30. The molecule has 6 atom stereocenters. The van der Waals surface area contributed by atoms with E-state index in [0.717, 1.165) is 35.5 Å². The largest absolute Gasteiger partial charge is 0.0854 e. The number of rotatable bonds is 2. The Morgan fingerprint density at radius 1 is 1.12 bits per heavy atom. The van der Waals surface area contributed by atoms with Crippen molar-refractivity contribution < 1.29 is 0 Å². The van der Waals surface area contributed by atoms with Crippen LogP contribution in [0.3, 0.4) is 0 Å². The molecule has 0 aliphatic heterocycles. The van der Waals surface area contributed by atoms with Gasteiger partial charge in [-0.2, -0.15) is 0 Å². The predicted octanol–water partition coefficient (Wildman–Crippen LogP) is 4.83. The van der Waals surface area contributed by atoms with Crippen molar-refractivity contribution in [3.8, 4) is 0 Å². The van der Waals surface area contributed by atoms with Crippen LogP contribution < -0.4 is 0 Å². The highest BCUT2D eigenvalue weighted by Gasteiger charge is 2.49. The molecule has 0 spiro atoms. The third-order valence-corrected chi connectivity index (χ3v) is 5.62. The van der Waals surface area contributed by atoms with E-state index in [1.807, 2.05) is 5.57 Å². The van der Waals surface area contributed by atoms with Crippen molar-refractivity contribution in [1.29, 1.82) is 0 Å². The van der Waals surface area contributed by atoms with Gasteiger partial charge >= 0.3 is 0 Å². The quantitative estimate of drug-likeness (QED) is 0.596. The number of hydrogen-bond donors (Lipinski definition) is 0. The monoisotopic (exact) mass is 230 g/mol. The van der Waals surface area contributed by atoms with Gasteiger partial charge in [0.25, 0.3) is 0 Å². The van der Waals surface area contributed by atoms with Gasteiger partial charge in [-0.1, -0.05) is 44.6 Å². The van der Waals surface area contributed by atoms with Gasteiger partial charge in [0, 0.05) is 0 Å². The van der Waals surface area contributed by atoms with Gasteiger partial charge in [0.1, 0.15) is 0 Å². The fourth-order valence-electron chi connectivity index (χ4n) is 4.89. The second-order valence-corrected chi connectivity index (χ2v) is 6.66. The van der Waals surface area contributed by atoms with Crippen LogP contribution in [0.4, 0.5) is 0 Å².